The summed E-state index contributed by atoms with van der Waals surface area (Å²) in [7, 11) is 0. The van der Waals surface area contributed by atoms with Crippen molar-refractivity contribution < 1.29 is 19.1 Å². The average Bonchev–Trinajstić information content (AvgIpc) is 3.25. The average molecular weight is 439 g/mol. The van der Waals surface area contributed by atoms with Gasteiger partial charge in [0.2, 0.25) is 11.8 Å². The molecule has 0 saturated carbocycles. The molecule has 1 aliphatic heterocycles. The number of nitrogens with one attached hydrogen (secondary N) is 1. The van der Waals surface area contributed by atoms with Crippen LogP contribution in [0.5, 0.6) is 0 Å². The molecular weight excluding hydrogens is 404 g/mol. The maximum atomic E-state index is 12.2. The number of aromatic amines is 1. The number of imide groups is 1. The van der Waals surface area contributed by atoms with Crippen LogP contribution in [0, 0.1) is 0 Å². The number of H-pyrrole nitrogens is 1. The second-order valence-corrected chi connectivity index (χ2v) is 8.39. The third-order valence-electron chi connectivity index (χ3n) is 5.60. The van der Waals surface area contributed by atoms with Gasteiger partial charge in [-0.15, -0.1) is 0 Å². The number of aromatic nitrogens is 1. The highest BCUT2D eigenvalue weighted by molar-refractivity contribution is 6.34. The van der Waals surface area contributed by atoms with E-state index in [1.165, 1.54) is 51.4 Å². The van der Waals surface area contributed by atoms with E-state index in [9.17, 15) is 14.4 Å². The Bertz CT molecular complexity index is 685. The Hall–Kier alpha value is -1.82. The zero-order valence-corrected chi connectivity index (χ0v) is 18.9. The number of esters is 1. The summed E-state index contributed by atoms with van der Waals surface area (Å²) in [6.45, 7) is 2.30. The molecule has 168 valence electrons. The van der Waals surface area contributed by atoms with Crippen LogP contribution in [-0.2, 0) is 20.7 Å². The number of carbonyl (C=O) groups excluding carboxylic acids is 3. The summed E-state index contributed by atoms with van der Waals surface area (Å²) in [5.74, 6) is -0.992. The Morgan fingerprint density at radius 3 is 2.17 bits per heavy atom. The summed E-state index contributed by atoms with van der Waals surface area (Å²) in [6, 6.07) is 0. The topological polar surface area (TPSA) is 79.5 Å². The van der Waals surface area contributed by atoms with Crippen LogP contribution in [0.3, 0.4) is 0 Å². The first kappa shape index (κ1) is 24.4. The highest BCUT2D eigenvalue weighted by Gasteiger charge is 2.28. The Labute approximate surface area is 184 Å². The third-order valence-corrected chi connectivity index (χ3v) is 6.03. The maximum absolute atomic E-state index is 12.2. The van der Waals surface area contributed by atoms with Crippen LogP contribution in [0.1, 0.15) is 100 Å². The number of unbranched alkanes of at least 4 members (excludes halogenated alkanes) is 9. The van der Waals surface area contributed by atoms with Gasteiger partial charge in [-0.1, -0.05) is 76.3 Å². The van der Waals surface area contributed by atoms with Gasteiger partial charge in [-0.05, 0) is 18.4 Å². The SMILES string of the molecule is CCCCCCCCCCCCc1c[nH]c(C(=O)OCCN2C(=O)CCC2=O)c1Cl. The summed E-state index contributed by atoms with van der Waals surface area (Å²) < 4.78 is 5.19. The number of ether oxygens (including phenoxy) is 1. The molecule has 1 aromatic rings. The smallest absolute Gasteiger partial charge is 0.356 e. The normalized spacial score (nSPS) is 14.0. The number of likely N-dealkylation sites (tertiary alicyclic amines) is 1. The van der Waals surface area contributed by atoms with E-state index in [0.29, 0.717) is 5.02 Å². The van der Waals surface area contributed by atoms with Crippen LogP contribution in [0.4, 0.5) is 0 Å². The van der Waals surface area contributed by atoms with Crippen molar-refractivity contribution in [2.45, 2.75) is 90.4 Å². The quantitative estimate of drug-likeness (QED) is 0.225. The van der Waals surface area contributed by atoms with Crippen LogP contribution in [0.25, 0.3) is 0 Å². The number of carbonyl (C=O) groups is 3. The minimum atomic E-state index is -0.562. The van der Waals surface area contributed by atoms with Crippen molar-refractivity contribution in [3.05, 3.63) is 22.5 Å². The van der Waals surface area contributed by atoms with Crippen molar-refractivity contribution in [2.24, 2.45) is 0 Å². The first-order valence-electron chi connectivity index (χ1n) is 11.4. The van der Waals surface area contributed by atoms with Crippen molar-refractivity contribution >= 4 is 29.4 Å². The van der Waals surface area contributed by atoms with Gasteiger partial charge in [-0.25, -0.2) is 4.79 Å². The number of aryl methyl sites for hydroxylation is 1. The molecule has 1 aromatic heterocycles. The summed E-state index contributed by atoms with van der Waals surface area (Å²) in [4.78, 5) is 39.4. The number of hydrogen-bond acceptors (Lipinski definition) is 4. The zero-order valence-electron chi connectivity index (χ0n) is 18.1. The minimum absolute atomic E-state index is 0.0283. The summed E-state index contributed by atoms with van der Waals surface area (Å²) >= 11 is 6.34. The first-order valence-corrected chi connectivity index (χ1v) is 11.8. The van der Waals surface area contributed by atoms with Crippen molar-refractivity contribution in [2.75, 3.05) is 13.2 Å². The monoisotopic (exact) mass is 438 g/mol. The summed E-state index contributed by atoms with van der Waals surface area (Å²) in [5.41, 5.74) is 1.16. The van der Waals surface area contributed by atoms with Gasteiger partial charge in [0, 0.05) is 19.0 Å². The Balaban J connectivity index is 1.61. The molecule has 0 aromatic carbocycles. The lowest BCUT2D eigenvalue weighted by atomic mass is 10.0. The highest BCUT2D eigenvalue weighted by atomic mass is 35.5. The van der Waals surface area contributed by atoms with Crippen molar-refractivity contribution in [3.8, 4) is 0 Å². The fourth-order valence-electron chi connectivity index (χ4n) is 3.75. The van der Waals surface area contributed by atoms with Crippen LogP contribution in [0.2, 0.25) is 5.02 Å². The zero-order chi connectivity index (χ0) is 21.8. The number of rotatable bonds is 15. The number of amides is 2. The highest BCUT2D eigenvalue weighted by Crippen LogP contribution is 2.24. The minimum Gasteiger partial charge on any atom is -0.459 e. The van der Waals surface area contributed by atoms with E-state index < -0.39 is 5.97 Å². The van der Waals surface area contributed by atoms with E-state index in [-0.39, 0.29) is 43.5 Å². The second kappa shape index (κ2) is 13.5. The van der Waals surface area contributed by atoms with Crippen LogP contribution < -0.4 is 0 Å². The van der Waals surface area contributed by atoms with E-state index in [4.69, 9.17) is 16.3 Å². The van der Waals surface area contributed by atoms with E-state index in [1.807, 2.05) is 0 Å². The molecule has 0 spiro atoms. The third kappa shape index (κ3) is 7.78. The number of halogens is 1. The van der Waals surface area contributed by atoms with Gasteiger partial charge in [-0.3, -0.25) is 14.5 Å². The molecule has 1 fully saturated rings. The Kier molecular flexibility index (Phi) is 11.0. The van der Waals surface area contributed by atoms with Crippen LogP contribution in [0.15, 0.2) is 6.20 Å². The fraction of sp³-hybridized carbons (Fsp3) is 0.696. The van der Waals surface area contributed by atoms with E-state index in [0.717, 1.165) is 29.7 Å². The first-order chi connectivity index (χ1) is 14.5. The molecule has 1 aliphatic rings. The molecule has 7 heteroatoms. The van der Waals surface area contributed by atoms with Gasteiger partial charge in [0.1, 0.15) is 12.3 Å². The Morgan fingerprint density at radius 1 is 1.00 bits per heavy atom. The molecular formula is C23H35ClN2O4. The lowest BCUT2D eigenvalue weighted by molar-refractivity contribution is -0.138. The van der Waals surface area contributed by atoms with Gasteiger partial charge in [0.05, 0.1) is 11.6 Å². The van der Waals surface area contributed by atoms with Crippen molar-refractivity contribution in [3.63, 3.8) is 0 Å². The molecule has 0 bridgehead atoms. The molecule has 2 amide bonds. The lowest BCUT2D eigenvalue weighted by Crippen LogP contribution is -2.32. The largest absolute Gasteiger partial charge is 0.459 e. The molecule has 2 rings (SSSR count). The molecule has 0 radical (unpaired) electrons. The summed E-state index contributed by atoms with van der Waals surface area (Å²) in [5, 5.41) is 0.407. The second-order valence-electron chi connectivity index (χ2n) is 8.01. The predicted molar refractivity (Wildman–Crippen MR) is 118 cm³/mol. The molecule has 0 atom stereocenters. The van der Waals surface area contributed by atoms with Gasteiger partial charge in [-0.2, -0.15) is 0 Å². The lowest BCUT2D eigenvalue weighted by Gasteiger charge is -2.13. The van der Waals surface area contributed by atoms with Crippen LogP contribution in [-0.4, -0.2) is 40.8 Å². The standard InChI is InChI=1S/C23H35ClN2O4/c1-2-3-4-5-6-7-8-9-10-11-12-18-17-25-22(21(18)24)23(29)30-16-15-26-19(27)13-14-20(26)28/h17,25H,2-16H2,1H3. The fourth-order valence-corrected chi connectivity index (χ4v) is 4.03. The molecule has 1 saturated heterocycles. The van der Waals surface area contributed by atoms with E-state index >= 15 is 0 Å². The van der Waals surface area contributed by atoms with Crippen molar-refractivity contribution in [1.29, 1.82) is 0 Å². The van der Waals surface area contributed by atoms with Gasteiger partial charge < -0.3 is 9.72 Å². The van der Waals surface area contributed by atoms with Crippen LogP contribution >= 0.6 is 11.6 Å². The molecule has 0 aliphatic carbocycles. The van der Waals surface area contributed by atoms with Gasteiger partial charge >= 0.3 is 5.97 Å². The van der Waals surface area contributed by atoms with Gasteiger partial charge in [0.25, 0.3) is 0 Å². The maximum Gasteiger partial charge on any atom is 0.356 e. The van der Waals surface area contributed by atoms with Crippen molar-refractivity contribution in [1.82, 2.24) is 9.88 Å². The van der Waals surface area contributed by atoms with E-state index in [1.54, 1.807) is 6.20 Å². The molecule has 0 unspecified atom stereocenters. The molecule has 30 heavy (non-hydrogen) atoms. The number of nitrogens with zero attached hydrogens (tertiary/aromatic N) is 1. The predicted octanol–water partition coefficient (Wildman–Crippen LogP) is 5.44. The Morgan fingerprint density at radius 2 is 1.57 bits per heavy atom. The number of hydrogen-bond donors (Lipinski definition) is 1. The molecule has 1 N–H and O–H groups in total. The molecule has 6 nitrogen and oxygen atoms in total. The van der Waals surface area contributed by atoms with Gasteiger partial charge in [0.15, 0.2) is 0 Å². The summed E-state index contributed by atoms with van der Waals surface area (Å²) in [6.07, 6.45) is 15.8. The van der Waals surface area contributed by atoms with E-state index in [2.05, 4.69) is 11.9 Å². The molecule has 2 heterocycles.